The van der Waals surface area contributed by atoms with Crippen molar-refractivity contribution in [2.75, 3.05) is 0 Å². The van der Waals surface area contributed by atoms with Crippen LogP contribution in [0.4, 0.5) is 5.69 Å². The molecule has 1 N–H and O–H groups in total. The van der Waals surface area contributed by atoms with Gasteiger partial charge in [0.25, 0.3) is 5.69 Å². The molecule has 2 heterocycles. The highest BCUT2D eigenvalue weighted by molar-refractivity contribution is 5.83. The number of para-hydroxylation sites is 1. The first kappa shape index (κ1) is 19.3. The van der Waals surface area contributed by atoms with Crippen LogP contribution < -0.4 is 10.4 Å². The highest BCUT2D eigenvalue weighted by Gasteiger charge is 2.18. The first-order chi connectivity index (χ1) is 14.3. The van der Waals surface area contributed by atoms with E-state index >= 15 is 0 Å². The number of hydrogen-bond acceptors (Lipinski definition) is 7. The average molecular weight is 407 g/mol. The highest BCUT2D eigenvalue weighted by atomic mass is 16.6. The Kier molecular flexibility index (Phi) is 4.75. The van der Waals surface area contributed by atoms with Crippen molar-refractivity contribution in [2.45, 2.75) is 20.5 Å². The van der Waals surface area contributed by atoms with Gasteiger partial charge in [0.1, 0.15) is 23.7 Å². The summed E-state index contributed by atoms with van der Waals surface area (Å²) in [6.45, 7) is 3.14. The molecular formula is C22H17NO7. The van der Waals surface area contributed by atoms with Crippen molar-refractivity contribution in [1.82, 2.24) is 0 Å². The topological polar surface area (TPSA) is 116 Å². The summed E-state index contributed by atoms with van der Waals surface area (Å²) in [4.78, 5) is 22.6. The number of aromatic hydroxyl groups is 1. The minimum Gasteiger partial charge on any atom is -0.507 e. The maximum absolute atomic E-state index is 11.9. The zero-order valence-corrected chi connectivity index (χ0v) is 16.2. The Labute approximate surface area is 170 Å². The molecule has 8 nitrogen and oxygen atoms in total. The van der Waals surface area contributed by atoms with Crippen LogP contribution in [0.1, 0.15) is 16.7 Å². The van der Waals surface area contributed by atoms with E-state index in [4.69, 9.17) is 13.6 Å². The Balaban J connectivity index is 1.64. The van der Waals surface area contributed by atoms with E-state index in [1.54, 1.807) is 49.4 Å². The fraction of sp³-hybridized carbons (Fsp3) is 0.136. The fourth-order valence-corrected chi connectivity index (χ4v) is 3.15. The standard InChI is InChI=1S/C22H17NO7/c1-12-20(24)13(2)22(25)30-21(12)19-9-14-7-8-16(10-18(14)29-19)28-11-15-5-3-4-6-17(15)23(26)27/h3-10,24H,11H2,1-2H3. The average Bonchev–Trinajstić information content (AvgIpc) is 3.16. The molecule has 0 atom stereocenters. The van der Waals surface area contributed by atoms with Gasteiger partial charge in [-0.1, -0.05) is 12.1 Å². The van der Waals surface area contributed by atoms with Crippen molar-refractivity contribution in [3.63, 3.8) is 0 Å². The second kappa shape index (κ2) is 7.40. The lowest BCUT2D eigenvalue weighted by Crippen LogP contribution is -2.05. The van der Waals surface area contributed by atoms with Gasteiger partial charge in [0.2, 0.25) is 0 Å². The normalized spacial score (nSPS) is 11.0. The molecule has 0 amide bonds. The number of hydrogen-bond donors (Lipinski definition) is 1. The molecule has 0 aliphatic carbocycles. The summed E-state index contributed by atoms with van der Waals surface area (Å²) in [5, 5.41) is 22.0. The molecule has 4 aromatic rings. The van der Waals surface area contributed by atoms with Crippen LogP contribution >= 0.6 is 0 Å². The molecule has 0 spiro atoms. The van der Waals surface area contributed by atoms with Gasteiger partial charge in [-0.3, -0.25) is 10.1 Å². The number of ether oxygens (including phenoxy) is 1. The molecule has 0 aliphatic rings. The van der Waals surface area contributed by atoms with Crippen LogP contribution in [0.2, 0.25) is 0 Å². The minimum atomic E-state index is -0.637. The van der Waals surface area contributed by atoms with Gasteiger partial charge in [0, 0.05) is 23.1 Å². The Hall–Kier alpha value is -4.07. The maximum atomic E-state index is 11.9. The highest BCUT2D eigenvalue weighted by Crippen LogP contribution is 2.34. The predicted octanol–water partition coefficient (Wildman–Crippen LogP) is 4.86. The molecule has 2 aromatic carbocycles. The summed E-state index contributed by atoms with van der Waals surface area (Å²) in [5.41, 5.74) is 0.824. The van der Waals surface area contributed by atoms with E-state index in [9.17, 15) is 20.0 Å². The van der Waals surface area contributed by atoms with Crippen molar-refractivity contribution in [2.24, 2.45) is 0 Å². The molecule has 152 valence electrons. The minimum absolute atomic E-state index is 0.0106. The SMILES string of the molecule is Cc1c(-c2cc3ccc(OCc4ccccc4[N+](=O)[O-])cc3o2)oc(=O)c(C)c1O. The third kappa shape index (κ3) is 3.39. The van der Waals surface area contributed by atoms with Gasteiger partial charge >= 0.3 is 5.63 Å². The van der Waals surface area contributed by atoms with E-state index < -0.39 is 10.5 Å². The maximum Gasteiger partial charge on any atom is 0.343 e. The van der Waals surface area contributed by atoms with Crippen LogP contribution in [0.3, 0.4) is 0 Å². The van der Waals surface area contributed by atoms with E-state index in [2.05, 4.69) is 0 Å². The Bertz CT molecular complexity index is 1330. The smallest absolute Gasteiger partial charge is 0.343 e. The number of nitro groups is 1. The van der Waals surface area contributed by atoms with Gasteiger partial charge in [-0.25, -0.2) is 4.79 Å². The van der Waals surface area contributed by atoms with E-state index in [0.29, 0.717) is 28.2 Å². The first-order valence-electron chi connectivity index (χ1n) is 9.07. The molecule has 0 saturated carbocycles. The van der Waals surface area contributed by atoms with Crippen LogP contribution in [0.25, 0.3) is 22.5 Å². The third-order valence-corrected chi connectivity index (χ3v) is 4.85. The summed E-state index contributed by atoms with van der Waals surface area (Å²) in [7, 11) is 0. The number of nitro benzene ring substituents is 1. The summed E-state index contributed by atoms with van der Waals surface area (Å²) in [5.74, 6) is 0.786. The Morgan fingerprint density at radius 1 is 1.07 bits per heavy atom. The first-order valence-corrected chi connectivity index (χ1v) is 9.07. The third-order valence-electron chi connectivity index (χ3n) is 4.85. The van der Waals surface area contributed by atoms with E-state index in [1.165, 1.54) is 13.0 Å². The second-order valence-electron chi connectivity index (χ2n) is 6.80. The van der Waals surface area contributed by atoms with Crippen LogP contribution in [-0.4, -0.2) is 10.0 Å². The molecule has 0 bridgehead atoms. The van der Waals surface area contributed by atoms with Crippen LogP contribution in [0.5, 0.6) is 11.5 Å². The predicted molar refractivity (Wildman–Crippen MR) is 109 cm³/mol. The van der Waals surface area contributed by atoms with Gasteiger partial charge in [-0.2, -0.15) is 0 Å². The van der Waals surface area contributed by atoms with Gasteiger partial charge < -0.3 is 18.7 Å². The lowest BCUT2D eigenvalue weighted by molar-refractivity contribution is -0.385. The van der Waals surface area contributed by atoms with Crippen LogP contribution in [0, 0.1) is 24.0 Å². The quantitative estimate of drug-likeness (QED) is 0.371. The number of fused-ring (bicyclic) bond motifs is 1. The number of rotatable bonds is 5. The van der Waals surface area contributed by atoms with Crippen molar-refractivity contribution in [3.05, 3.63) is 85.8 Å². The van der Waals surface area contributed by atoms with Gasteiger partial charge in [-0.15, -0.1) is 0 Å². The molecule has 0 unspecified atom stereocenters. The number of nitrogens with zero attached hydrogens (tertiary/aromatic N) is 1. The van der Waals surface area contributed by atoms with Crippen LogP contribution in [0.15, 0.2) is 62.2 Å². The fourth-order valence-electron chi connectivity index (χ4n) is 3.15. The lowest BCUT2D eigenvalue weighted by Gasteiger charge is -2.06. The van der Waals surface area contributed by atoms with E-state index in [0.717, 1.165) is 5.39 Å². The summed E-state index contributed by atoms with van der Waals surface area (Å²) in [6, 6.07) is 13.2. The molecular weight excluding hydrogens is 390 g/mol. The molecule has 0 fully saturated rings. The molecule has 0 saturated heterocycles. The van der Waals surface area contributed by atoms with Gasteiger partial charge in [-0.05, 0) is 38.1 Å². The van der Waals surface area contributed by atoms with Gasteiger partial charge in [0.15, 0.2) is 11.5 Å². The molecule has 30 heavy (non-hydrogen) atoms. The monoisotopic (exact) mass is 407 g/mol. The summed E-state index contributed by atoms with van der Waals surface area (Å²) >= 11 is 0. The largest absolute Gasteiger partial charge is 0.507 e. The zero-order chi connectivity index (χ0) is 21.4. The number of furan rings is 1. The van der Waals surface area contributed by atoms with E-state index in [1.807, 2.05) is 0 Å². The molecule has 8 heteroatoms. The van der Waals surface area contributed by atoms with Gasteiger partial charge in [0.05, 0.1) is 16.1 Å². The summed E-state index contributed by atoms with van der Waals surface area (Å²) in [6.07, 6.45) is 0. The van der Waals surface area contributed by atoms with Crippen molar-refractivity contribution in [3.8, 4) is 23.0 Å². The molecule has 4 rings (SSSR count). The van der Waals surface area contributed by atoms with Crippen molar-refractivity contribution in [1.29, 1.82) is 0 Å². The van der Waals surface area contributed by atoms with Crippen molar-refractivity contribution < 1.29 is 23.6 Å². The van der Waals surface area contributed by atoms with Crippen molar-refractivity contribution >= 4 is 16.7 Å². The molecule has 2 aromatic heterocycles. The zero-order valence-electron chi connectivity index (χ0n) is 16.2. The lowest BCUT2D eigenvalue weighted by atomic mass is 10.1. The molecule has 0 aliphatic heterocycles. The second-order valence-corrected chi connectivity index (χ2v) is 6.80. The summed E-state index contributed by atoms with van der Waals surface area (Å²) < 4.78 is 16.8. The van der Waals surface area contributed by atoms with Crippen LogP contribution in [-0.2, 0) is 6.61 Å². The Morgan fingerprint density at radius 2 is 1.83 bits per heavy atom. The number of benzene rings is 2. The van der Waals surface area contributed by atoms with E-state index in [-0.39, 0.29) is 29.4 Å². The Morgan fingerprint density at radius 3 is 2.60 bits per heavy atom. The molecule has 0 radical (unpaired) electrons.